The Labute approximate surface area is 148 Å². The van der Waals surface area contributed by atoms with E-state index >= 15 is 0 Å². The van der Waals surface area contributed by atoms with Crippen molar-refractivity contribution >= 4 is 39.5 Å². The molecule has 2 N–H and O–H groups in total. The molecule has 0 aliphatic rings. The molecule has 122 valence electrons. The van der Waals surface area contributed by atoms with Gasteiger partial charge < -0.3 is 10.6 Å². The Morgan fingerprint density at radius 2 is 1.62 bits per heavy atom. The minimum Gasteiger partial charge on any atom is -0.332 e. The number of anilines is 2. The van der Waals surface area contributed by atoms with Gasteiger partial charge in [0.05, 0.1) is 0 Å². The van der Waals surface area contributed by atoms with Gasteiger partial charge in [0.1, 0.15) is 0 Å². The molecule has 3 aromatic carbocycles. The lowest BCUT2D eigenvalue weighted by Crippen LogP contribution is -2.19. The van der Waals surface area contributed by atoms with Crippen LogP contribution in [0.1, 0.15) is 25.3 Å². The Balaban J connectivity index is 1.67. The fourth-order valence-corrected chi connectivity index (χ4v) is 2.98. The first-order valence-electron chi connectivity index (χ1n) is 8.41. The fourth-order valence-electron chi connectivity index (χ4n) is 2.75. The van der Waals surface area contributed by atoms with Crippen LogP contribution in [0.3, 0.4) is 0 Å². The molecule has 24 heavy (non-hydrogen) atoms. The van der Waals surface area contributed by atoms with Crippen LogP contribution in [0.15, 0.2) is 66.7 Å². The molecule has 0 fully saturated rings. The second kappa shape index (κ2) is 7.93. The summed E-state index contributed by atoms with van der Waals surface area (Å²) in [6.45, 7) is 2.22. The number of hydrogen-bond acceptors (Lipinski definition) is 1. The van der Waals surface area contributed by atoms with Crippen molar-refractivity contribution in [2.24, 2.45) is 0 Å². The van der Waals surface area contributed by atoms with Gasteiger partial charge in [-0.05, 0) is 54.2 Å². The van der Waals surface area contributed by atoms with E-state index in [4.69, 9.17) is 12.2 Å². The van der Waals surface area contributed by atoms with E-state index in [0.717, 1.165) is 17.8 Å². The molecule has 0 saturated heterocycles. The summed E-state index contributed by atoms with van der Waals surface area (Å²) in [5, 5.41) is 9.53. The van der Waals surface area contributed by atoms with Crippen molar-refractivity contribution in [2.75, 3.05) is 10.6 Å². The molecule has 0 bridgehead atoms. The molecule has 0 spiro atoms. The van der Waals surface area contributed by atoms with Gasteiger partial charge in [0.2, 0.25) is 0 Å². The molecular formula is C21H22N2S. The van der Waals surface area contributed by atoms with Crippen molar-refractivity contribution in [2.45, 2.75) is 26.2 Å². The largest absolute Gasteiger partial charge is 0.332 e. The van der Waals surface area contributed by atoms with E-state index in [9.17, 15) is 0 Å². The number of aryl methyl sites for hydroxylation is 1. The molecular weight excluding hydrogens is 312 g/mol. The number of rotatable bonds is 5. The molecule has 3 rings (SSSR count). The van der Waals surface area contributed by atoms with E-state index in [0.29, 0.717) is 5.11 Å². The maximum Gasteiger partial charge on any atom is 0.175 e. The Morgan fingerprint density at radius 3 is 2.42 bits per heavy atom. The van der Waals surface area contributed by atoms with Crippen LogP contribution in [0.25, 0.3) is 10.8 Å². The molecule has 3 heteroatoms. The number of hydrogen-bond donors (Lipinski definition) is 2. The summed E-state index contributed by atoms with van der Waals surface area (Å²) < 4.78 is 0. The summed E-state index contributed by atoms with van der Waals surface area (Å²) in [6, 6.07) is 23.0. The molecule has 0 aliphatic carbocycles. The highest BCUT2D eigenvalue weighted by Crippen LogP contribution is 2.23. The predicted molar refractivity (Wildman–Crippen MR) is 109 cm³/mol. The average Bonchev–Trinajstić information content (AvgIpc) is 2.61. The quantitative estimate of drug-likeness (QED) is 0.560. The molecule has 0 atom stereocenters. The number of thiocarbonyl (C=S) groups is 1. The van der Waals surface area contributed by atoms with Gasteiger partial charge in [-0.3, -0.25) is 0 Å². The van der Waals surface area contributed by atoms with Gasteiger partial charge in [-0.25, -0.2) is 0 Å². The van der Waals surface area contributed by atoms with E-state index in [2.05, 4.69) is 60.0 Å². The van der Waals surface area contributed by atoms with Crippen LogP contribution in [-0.2, 0) is 6.42 Å². The first-order chi connectivity index (χ1) is 11.8. The summed E-state index contributed by atoms with van der Waals surface area (Å²) in [4.78, 5) is 0. The highest BCUT2D eigenvalue weighted by Gasteiger charge is 2.03. The molecule has 3 aromatic rings. The highest BCUT2D eigenvalue weighted by atomic mass is 32.1. The molecule has 0 unspecified atom stereocenters. The highest BCUT2D eigenvalue weighted by molar-refractivity contribution is 7.80. The van der Waals surface area contributed by atoms with E-state index < -0.39 is 0 Å². The predicted octanol–water partition coefficient (Wildman–Crippen LogP) is 5.99. The maximum atomic E-state index is 5.46. The van der Waals surface area contributed by atoms with Crippen LogP contribution in [0.5, 0.6) is 0 Å². The van der Waals surface area contributed by atoms with Crippen LogP contribution in [0.2, 0.25) is 0 Å². The Kier molecular flexibility index (Phi) is 5.44. The second-order valence-electron chi connectivity index (χ2n) is 5.91. The van der Waals surface area contributed by atoms with Crippen LogP contribution < -0.4 is 10.6 Å². The van der Waals surface area contributed by atoms with Gasteiger partial charge in [-0.15, -0.1) is 0 Å². The van der Waals surface area contributed by atoms with Crippen molar-refractivity contribution in [3.8, 4) is 0 Å². The summed E-state index contributed by atoms with van der Waals surface area (Å²) in [5.74, 6) is 0. The van der Waals surface area contributed by atoms with E-state index in [1.807, 2.05) is 24.3 Å². The molecule has 0 saturated carbocycles. The normalized spacial score (nSPS) is 10.5. The summed E-state index contributed by atoms with van der Waals surface area (Å²) in [5.41, 5.74) is 3.40. The summed E-state index contributed by atoms with van der Waals surface area (Å²) >= 11 is 5.46. The Morgan fingerprint density at radius 1 is 0.875 bits per heavy atom. The van der Waals surface area contributed by atoms with Gasteiger partial charge >= 0.3 is 0 Å². The lowest BCUT2D eigenvalue weighted by molar-refractivity contribution is 0.795. The summed E-state index contributed by atoms with van der Waals surface area (Å²) in [7, 11) is 0. The topological polar surface area (TPSA) is 24.1 Å². The number of unbranched alkanes of at least 4 members (excludes halogenated alkanes) is 1. The number of nitrogens with one attached hydrogen (secondary N) is 2. The number of benzene rings is 3. The van der Waals surface area contributed by atoms with E-state index in [1.54, 1.807) is 0 Å². The Hall–Kier alpha value is -2.39. The van der Waals surface area contributed by atoms with Gasteiger partial charge in [0, 0.05) is 16.8 Å². The molecule has 0 radical (unpaired) electrons. The monoisotopic (exact) mass is 334 g/mol. The fraction of sp³-hybridized carbons (Fsp3) is 0.190. The first kappa shape index (κ1) is 16.5. The van der Waals surface area contributed by atoms with Crippen molar-refractivity contribution in [3.05, 3.63) is 72.3 Å². The minimum absolute atomic E-state index is 0.604. The maximum absolute atomic E-state index is 5.46. The third kappa shape index (κ3) is 4.12. The van der Waals surface area contributed by atoms with Crippen LogP contribution in [-0.4, -0.2) is 5.11 Å². The van der Waals surface area contributed by atoms with Crippen molar-refractivity contribution in [1.82, 2.24) is 0 Å². The van der Waals surface area contributed by atoms with Gasteiger partial charge in [0.25, 0.3) is 0 Å². The Bertz CT molecular complexity index is 819. The molecule has 0 heterocycles. The van der Waals surface area contributed by atoms with Crippen LogP contribution in [0, 0.1) is 0 Å². The lowest BCUT2D eigenvalue weighted by Gasteiger charge is -2.13. The molecule has 0 amide bonds. The van der Waals surface area contributed by atoms with Crippen LogP contribution in [0.4, 0.5) is 11.4 Å². The molecule has 0 aromatic heterocycles. The zero-order valence-corrected chi connectivity index (χ0v) is 14.7. The third-order valence-electron chi connectivity index (χ3n) is 4.07. The lowest BCUT2D eigenvalue weighted by atomic mass is 10.1. The second-order valence-corrected chi connectivity index (χ2v) is 6.31. The SMILES string of the molecule is CCCCc1ccc(NC(=S)Nc2cccc3ccccc23)cc1. The van der Waals surface area contributed by atoms with Gasteiger partial charge in [0.15, 0.2) is 5.11 Å². The number of fused-ring (bicyclic) bond motifs is 1. The van der Waals surface area contributed by atoms with Crippen molar-refractivity contribution in [1.29, 1.82) is 0 Å². The van der Waals surface area contributed by atoms with Gasteiger partial charge in [-0.1, -0.05) is 61.9 Å². The average molecular weight is 334 g/mol. The van der Waals surface area contributed by atoms with E-state index in [-0.39, 0.29) is 0 Å². The molecule has 2 nitrogen and oxygen atoms in total. The van der Waals surface area contributed by atoms with Crippen molar-refractivity contribution < 1.29 is 0 Å². The zero-order chi connectivity index (χ0) is 16.8. The van der Waals surface area contributed by atoms with Crippen molar-refractivity contribution in [3.63, 3.8) is 0 Å². The van der Waals surface area contributed by atoms with Gasteiger partial charge in [-0.2, -0.15) is 0 Å². The standard InChI is InChI=1S/C21H22N2S/c1-2-3-7-16-12-14-18(15-13-16)22-21(24)23-20-11-6-9-17-8-4-5-10-19(17)20/h4-6,8-15H,2-3,7H2,1H3,(H2,22,23,24). The third-order valence-corrected chi connectivity index (χ3v) is 4.27. The smallest absolute Gasteiger partial charge is 0.175 e. The van der Waals surface area contributed by atoms with Crippen LogP contribution >= 0.6 is 12.2 Å². The summed E-state index contributed by atoms with van der Waals surface area (Å²) in [6.07, 6.45) is 3.59. The zero-order valence-electron chi connectivity index (χ0n) is 13.9. The molecule has 0 aliphatic heterocycles. The first-order valence-corrected chi connectivity index (χ1v) is 8.82. The van der Waals surface area contributed by atoms with E-state index in [1.165, 1.54) is 29.2 Å². The minimum atomic E-state index is 0.604.